The second-order valence-corrected chi connectivity index (χ2v) is 5.45. The van der Waals surface area contributed by atoms with Crippen LogP contribution in [0.15, 0.2) is 47.1 Å². The Morgan fingerprint density at radius 1 is 1.35 bits per heavy atom. The van der Waals surface area contributed by atoms with Crippen LogP contribution >= 0.6 is 15.9 Å². The van der Waals surface area contributed by atoms with Gasteiger partial charge in [0, 0.05) is 23.4 Å². The van der Waals surface area contributed by atoms with Gasteiger partial charge in [0.15, 0.2) is 0 Å². The van der Waals surface area contributed by atoms with Gasteiger partial charge < -0.3 is 10.6 Å². The van der Waals surface area contributed by atoms with E-state index in [1.54, 1.807) is 30.3 Å². The number of halogens is 1. The lowest BCUT2D eigenvalue weighted by molar-refractivity contribution is 0.0735. The number of pyridine rings is 1. The predicted molar refractivity (Wildman–Crippen MR) is 83.3 cm³/mol. The molecule has 0 spiro atoms. The van der Waals surface area contributed by atoms with Crippen LogP contribution in [0.3, 0.4) is 0 Å². The van der Waals surface area contributed by atoms with Gasteiger partial charge in [-0.2, -0.15) is 0 Å². The van der Waals surface area contributed by atoms with Crippen LogP contribution < -0.4 is 5.73 Å². The Morgan fingerprint density at radius 3 is 2.75 bits per heavy atom. The second-order valence-electron chi connectivity index (χ2n) is 4.60. The van der Waals surface area contributed by atoms with Crippen LogP contribution in [0, 0.1) is 0 Å². The molecule has 1 aromatic carbocycles. The molecule has 0 radical (unpaired) electrons. The van der Waals surface area contributed by atoms with Crippen molar-refractivity contribution < 1.29 is 4.79 Å². The van der Waals surface area contributed by atoms with Gasteiger partial charge in [-0.25, -0.2) is 4.98 Å². The van der Waals surface area contributed by atoms with E-state index < -0.39 is 0 Å². The first-order valence-corrected chi connectivity index (χ1v) is 7.03. The molecule has 5 heteroatoms. The highest BCUT2D eigenvalue weighted by molar-refractivity contribution is 9.10. The predicted octanol–water partition coefficient (Wildman–Crippen LogP) is 3.26. The largest absolute Gasteiger partial charge is 0.399 e. The van der Waals surface area contributed by atoms with Gasteiger partial charge in [0.1, 0.15) is 5.69 Å². The Kier molecular flexibility index (Phi) is 4.39. The first kappa shape index (κ1) is 14.5. The molecule has 2 rings (SSSR count). The maximum atomic E-state index is 12.5. The third kappa shape index (κ3) is 2.99. The number of benzene rings is 1. The highest BCUT2D eigenvalue weighted by Crippen LogP contribution is 2.23. The summed E-state index contributed by atoms with van der Waals surface area (Å²) in [7, 11) is 1.76. The number of anilines is 1. The van der Waals surface area contributed by atoms with Crippen LogP contribution in [0.5, 0.6) is 0 Å². The molecule has 1 atom stereocenters. The standard InChI is InChI=1S/C15H16BrN3O/c1-10(11-5-3-6-12(17)9-11)19(2)15(20)14-13(16)7-4-8-18-14/h3-10H,17H2,1-2H3. The van der Waals surface area contributed by atoms with E-state index in [-0.39, 0.29) is 11.9 Å². The molecule has 0 bridgehead atoms. The SMILES string of the molecule is CC(c1cccc(N)c1)N(C)C(=O)c1ncccc1Br. The van der Waals surface area contributed by atoms with Crippen molar-refractivity contribution in [3.8, 4) is 0 Å². The van der Waals surface area contributed by atoms with Crippen molar-refractivity contribution in [3.05, 3.63) is 58.3 Å². The van der Waals surface area contributed by atoms with Gasteiger partial charge in [-0.15, -0.1) is 0 Å². The molecule has 1 heterocycles. The fourth-order valence-corrected chi connectivity index (χ4v) is 2.35. The summed E-state index contributed by atoms with van der Waals surface area (Å²) in [6.07, 6.45) is 1.61. The van der Waals surface area contributed by atoms with Crippen LogP contribution in [-0.2, 0) is 0 Å². The van der Waals surface area contributed by atoms with E-state index in [4.69, 9.17) is 5.73 Å². The monoisotopic (exact) mass is 333 g/mol. The van der Waals surface area contributed by atoms with E-state index in [1.165, 1.54) is 0 Å². The number of nitrogens with two attached hydrogens (primary N) is 1. The molecule has 2 aromatic rings. The summed E-state index contributed by atoms with van der Waals surface area (Å²) in [6.45, 7) is 1.96. The zero-order chi connectivity index (χ0) is 14.7. The molecule has 4 nitrogen and oxygen atoms in total. The average Bonchev–Trinajstić information content (AvgIpc) is 2.45. The van der Waals surface area contributed by atoms with Gasteiger partial charge in [-0.3, -0.25) is 4.79 Å². The highest BCUT2D eigenvalue weighted by Gasteiger charge is 2.21. The van der Waals surface area contributed by atoms with Gasteiger partial charge in [-0.1, -0.05) is 12.1 Å². The van der Waals surface area contributed by atoms with Crippen molar-refractivity contribution in [1.82, 2.24) is 9.88 Å². The Labute approximate surface area is 126 Å². The minimum absolute atomic E-state index is 0.0834. The molecule has 0 fully saturated rings. The number of carbonyl (C=O) groups is 1. The van der Waals surface area contributed by atoms with Gasteiger partial charge in [0.05, 0.1) is 6.04 Å². The third-order valence-corrected chi connectivity index (χ3v) is 3.90. The Morgan fingerprint density at radius 2 is 2.10 bits per heavy atom. The summed E-state index contributed by atoms with van der Waals surface area (Å²) in [5.41, 5.74) is 7.88. The Balaban J connectivity index is 2.25. The smallest absolute Gasteiger partial charge is 0.273 e. The molecular formula is C15H16BrN3O. The van der Waals surface area contributed by atoms with E-state index in [9.17, 15) is 4.79 Å². The van der Waals surface area contributed by atoms with E-state index in [0.717, 1.165) is 5.56 Å². The molecular weight excluding hydrogens is 318 g/mol. The number of hydrogen-bond acceptors (Lipinski definition) is 3. The Bertz CT molecular complexity index is 630. The minimum Gasteiger partial charge on any atom is -0.399 e. The van der Waals surface area contributed by atoms with Crippen molar-refractivity contribution in [2.24, 2.45) is 0 Å². The van der Waals surface area contributed by atoms with Crippen molar-refractivity contribution in [3.63, 3.8) is 0 Å². The summed E-state index contributed by atoms with van der Waals surface area (Å²) in [5.74, 6) is -0.132. The number of nitrogens with zero attached hydrogens (tertiary/aromatic N) is 2. The zero-order valence-corrected chi connectivity index (χ0v) is 13.0. The number of amides is 1. The molecule has 0 aliphatic carbocycles. The lowest BCUT2D eigenvalue weighted by Crippen LogP contribution is -2.30. The summed E-state index contributed by atoms with van der Waals surface area (Å²) in [4.78, 5) is 18.3. The fourth-order valence-electron chi connectivity index (χ4n) is 1.93. The molecule has 20 heavy (non-hydrogen) atoms. The van der Waals surface area contributed by atoms with Gasteiger partial charge in [0.25, 0.3) is 5.91 Å². The van der Waals surface area contributed by atoms with Crippen molar-refractivity contribution >= 4 is 27.5 Å². The first-order valence-electron chi connectivity index (χ1n) is 6.24. The van der Waals surface area contributed by atoms with Gasteiger partial charge in [-0.05, 0) is 52.7 Å². The molecule has 2 N–H and O–H groups in total. The van der Waals surface area contributed by atoms with Crippen LogP contribution in [-0.4, -0.2) is 22.8 Å². The second kappa shape index (κ2) is 6.05. The highest BCUT2D eigenvalue weighted by atomic mass is 79.9. The number of nitrogen functional groups attached to an aromatic ring is 1. The molecule has 0 saturated carbocycles. The van der Waals surface area contributed by atoms with Crippen molar-refractivity contribution in [1.29, 1.82) is 0 Å². The van der Waals surface area contributed by atoms with Crippen LogP contribution in [0.2, 0.25) is 0 Å². The third-order valence-electron chi connectivity index (χ3n) is 3.26. The molecule has 1 aromatic heterocycles. The van der Waals surface area contributed by atoms with Gasteiger partial charge >= 0.3 is 0 Å². The Hall–Kier alpha value is -1.88. The zero-order valence-electron chi connectivity index (χ0n) is 11.4. The number of rotatable bonds is 3. The van der Waals surface area contributed by atoms with E-state index in [0.29, 0.717) is 15.9 Å². The van der Waals surface area contributed by atoms with Crippen LogP contribution in [0.4, 0.5) is 5.69 Å². The van der Waals surface area contributed by atoms with Crippen LogP contribution in [0.1, 0.15) is 29.0 Å². The van der Waals surface area contributed by atoms with E-state index >= 15 is 0 Å². The van der Waals surface area contributed by atoms with E-state index in [2.05, 4.69) is 20.9 Å². The molecule has 0 aliphatic heterocycles. The summed E-state index contributed by atoms with van der Waals surface area (Å²) in [5, 5.41) is 0. The lowest BCUT2D eigenvalue weighted by atomic mass is 10.1. The van der Waals surface area contributed by atoms with E-state index in [1.807, 2.05) is 31.2 Å². The molecule has 104 valence electrons. The molecule has 1 unspecified atom stereocenters. The minimum atomic E-state index is -0.132. The molecule has 0 saturated heterocycles. The van der Waals surface area contributed by atoms with Gasteiger partial charge in [0.2, 0.25) is 0 Å². The average molecular weight is 334 g/mol. The number of carbonyl (C=O) groups excluding carboxylic acids is 1. The van der Waals surface area contributed by atoms with Crippen molar-refractivity contribution in [2.45, 2.75) is 13.0 Å². The fraction of sp³-hybridized carbons (Fsp3) is 0.200. The number of hydrogen-bond donors (Lipinski definition) is 1. The number of aromatic nitrogens is 1. The molecule has 1 amide bonds. The molecule has 0 aliphatic rings. The quantitative estimate of drug-likeness (QED) is 0.877. The summed E-state index contributed by atoms with van der Waals surface area (Å²) in [6, 6.07) is 11.0. The van der Waals surface area contributed by atoms with Crippen LogP contribution in [0.25, 0.3) is 0 Å². The maximum absolute atomic E-state index is 12.5. The first-order chi connectivity index (χ1) is 9.50. The topological polar surface area (TPSA) is 59.2 Å². The summed E-state index contributed by atoms with van der Waals surface area (Å²) < 4.78 is 0.691. The summed E-state index contributed by atoms with van der Waals surface area (Å²) >= 11 is 3.35. The lowest BCUT2D eigenvalue weighted by Gasteiger charge is -2.25. The normalized spacial score (nSPS) is 11.9. The van der Waals surface area contributed by atoms with Crippen molar-refractivity contribution in [2.75, 3.05) is 12.8 Å². The maximum Gasteiger partial charge on any atom is 0.273 e.